The number of aromatic amines is 2. The van der Waals surface area contributed by atoms with Crippen LogP contribution in [0.1, 0.15) is 48.3 Å². The van der Waals surface area contributed by atoms with Crippen LogP contribution in [0, 0.1) is 0 Å². The van der Waals surface area contributed by atoms with Gasteiger partial charge >= 0.3 is 13.6 Å². The Morgan fingerprint density at radius 1 is 1.14 bits per heavy atom. The lowest BCUT2D eigenvalue weighted by molar-refractivity contribution is -0.137. The predicted octanol–water partition coefficient (Wildman–Crippen LogP) is 2.81. The Balaban J connectivity index is 1.68. The van der Waals surface area contributed by atoms with E-state index in [1.807, 2.05) is 0 Å². The minimum Gasteiger partial charge on any atom is -0.481 e. The number of benzene rings is 1. The van der Waals surface area contributed by atoms with Crippen LogP contribution in [0.25, 0.3) is 11.0 Å². The smallest absolute Gasteiger partial charge is 0.352 e. The van der Waals surface area contributed by atoms with Crippen molar-refractivity contribution in [3.63, 3.8) is 0 Å². The number of carboxylic acids is 1. The molecule has 0 aliphatic rings. The number of anilines is 1. The predicted molar refractivity (Wildman–Crippen MR) is 134 cm³/mol. The zero-order chi connectivity index (χ0) is 26.3. The third-order valence-corrected chi connectivity index (χ3v) is 7.79. The first-order valence-corrected chi connectivity index (χ1v) is 13.1. The van der Waals surface area contributed by atoms with E-state index in [2.05, 4.69) is 20.3 Å². The molecule has 12 nitrogen and oxygen atoms in total. The van der Waals surface area contributed by atoms with Crippen molar-refractivity contribution in [1.29, 1.82) is 0 Å². The molecule has 3 rings (SSSR count). The number of nitrogens with zero attached hydrogens (tertiary/aromatic N) is 1. The van der Waals surface area contributed by atoms with Crippen molar-refractivity contribution < 1.29 is 28.3 Å². The zero-order valence-corrected chi connectivity index (χ0v) is 21.0. The summed E-state index contributed by atoms with van der Waals surface area (Å²) in [5.74, 6) is -2.67. The summed E-state index contributed by atoms with van der Waals surface area (Å²) in [6, 6.07) is 8.57. The van der Waals surface area contributed by atoms with Gasteiger partial charge in [0.05, 0.1) is 18.6 Å². The van der Waals surface area contributed by atoms with Crippen LogP contribution in [0.5, 0.6) is 0 Å². The standard InChI is InChI=1S/C23H30N5O7P/c1-3-34-36(33,35-4-2)18(11-12-19(29)30)26-21(31)15-8-5-14(6-9-15)7-10-16-13-17-20(25-16)27-23(24)28-22(17)32/h5-6,8-9,13,18H,3-4,7,10-12H2,1-2H3,(H,26,31)(H,29,30)(H4,24,25,27,28,32)/t18-/m1/s1. The number of rotatable bonds is 13. The molecule has 0 radical (unpaired) electrons. The number of aryl methyl sites for hydroxylation is 2. The maximum Gasteiger partial charge on any atom is 0.352 e. The third-order valence-electron chi connectivity index (χ3n) is 5.40. The summed E-state index contributed by atoms with van der Waals surface area (Å²) >= 11 is 0. The van der Waals surface area contributed by atoms with E-state index >= 15 is 0 Å². The summed E-state index contributed by atoms with van der Waals surface area (Å²) in [5, 5.41) is 12.1. The molecule has 0 saturated carbocycles. The lowest BCUT2D eigenvalue weighted by Crippen LogP contribution is -2.36. The molecule has 3 aromatic rings. The van der Waals surface area contributed by atoms with Gasteiger partial charge in [-0.3, -0.25) is 23.9 Å². The molecule has 0 aliphatic heterocycles. The number of fused-ring (bicyclic) bond motifs is 1. The Hall–Kier alpha value is -3.47. The Bertz CT molecular complexity index is 1310. The Morgan fingerprint density at radius 3 is 2.42 bits per heavy atom. The number of H-pyrrole nitrogens is 2. The Morgan fingerprint density at radius 2 is 1.81 bits per heavy atom. The molecule has 0 saturated heterocycles. The molecule has 13 heteroatoms. The van der Waals surface area contributed by atoms with Crippen LogP contribution < -0.4 is 16.6 Å². The Kier molecular flexibility index (Phi) is 9.03. The van der Waals surface area contributed by atoms with E-state index in [1.165, 1.54) is 0 Å². The van der Waals surface area contributed by atoms with Crippen LogP contribution in [0.2, 0.25) is 0 Å². The number of carbonyl (C=O) groups is 2. The van der Waals surface area contributed by atoms with Crippen molar-refractivity contribution in [3.8, 4) is 0 Å². The molecule has 0 unspecified atom stereocenters. The minimum atomic E-state index is -3.77. The summed E-state index contributed by atoms with van der Waals surface area (Å²) in [4.78, 5) is 45.5. The first kappa shape index (κ1) is 27.1. The first-order chi connectivity index (χ1) is 17.1. The normalized spacial score (nSPS) is 12.5. The molecular formula is C23H30N5O7P. The molecule has 6 N–H and O–H groups in total. The fourth-order valence-electron chi connectivity index (χ4n) is 3.71. The third kappa shape index (κ3) is 6.81. The van der Waals surface area contributed by atoms with Crippen molar-refractivity contribution in [2.75, 3.05) is 18.9 Å². The van der Waals surface area contributed by atoms with Gasteiger partial charge in [0.15, 0.2) is 0 Å². The highest BCUT2D eigenvalue weighted by Crippen LogP contribution is 2.53. The number of aromatic nitrogens is 3. The summed E-state index contributed by atoms with van der Waals surface area (Å²) in [7, 11) is -3.77. The summed E-state index contributed by atoms with van der Waals surface area (Å²) in [5.41, 5.74) is 7.77. The lowest BCUT2D eigenvalue weighted by Gasteiger charge is -2.26. The second kappa shape index (κ2) is 12.0. The van der Waals surface area contributed by atoms with E-state index in [4.69, 9.17) is 19.9 Å². The van der Waals surface area contributed by atoms with Gasteiger partial charge in [-0.15, -0.1) is 0 Å². The number of carbonyl (C=O) groups excluding carboxylic acids is 1. The number of hydrogen-bond donors (Lipinski definition) is 5. The highest BCUT2D eigenvalue weighted by atomic mass is 31.2. The molecule has 1 atom stereocenters. The summed E-state index contributed by atoms with van der Waals surface area (Å²) < 4.78 is 23.8. The van der Waals surface area contributed by atoms with Crippen molar-refractivity contribution >= 4 is 36.5 Å². The van der Waals surface area contributed by atoms with E-state index in [-0.39, 0.29) is 37.6 Å². The molecule has 0 spiro atoms. The first-order valence-electron chi connectivity index (χ1n) is 11.5. The van der Waals surface area contributed by atoms with Crippen LogP contribution in [-0.4, -0.2) is 50.9 Å². The van der Waals surface area contributed by atoms with Gasteiger partial charge in [0.1, 0.15) is 11.4 Å². The lowest BCUT2D eigenvalue weighted by atomic mass is 10.1. The number of nitrogens with one attached hydrogen (secondary N) is 3. The van der Waals surface area contributed by atoms with Crippen LogP contribution in [0.4, 0.5) is 5.95 Å². The van der Waals surface area contributed by atoms with Gasteiger partial charge in [-0.1, -0.05) is 12.1 Å². The summed E-state index contributed by atoms with van der Waals surface area (Å²) in [6.07, 6.45) is 0.817. The topological polar surface area (TPSA) is 189 Å². The fraction of sp³-hybridized carbons (Fsp3) is 0.391. The van der Waals surface area contributed by atoms with Crippen LogP contribution in [0.15, 0.2) is 35.1 Å². The number of carboxylic acid groups (broad SMARTS) is 1. The number of aliphatic carboxylic acids is 1. The Labute approximate surface area is 207 Å². The molecule has 0 bridgehead atoms. The highest BCUT2D eigenvalue weighted by Gasteiger charge is 2.37. The van der Waals surface area contributed by atoms with E-state index in [0.717, 1.165) is 11.3 Å². The molecule has 2 heterocycles. The van der Waals surface area contributed by atoms with Gasteiger partial charge in [0.25, 0.3) is 11.5 Å². The fourth-order valence-corrected chi connectivity index (χ4v) is 5.58. The molecule has 2 aromatic heterocycles. The second-order valence-electron chi connectivity index (χ2n) is 8.00. The van der Waals surface area contributed by atoms with E-state index in [9.17, 15) is 18.9 Å². The SMILES string of the molecule is CCOP(=O)(OCC)[C@H](CCC(=O)O)NC(=O)c1ccc(CCc2cc3c(=O)[nH]c(N)nc3[nH]2)cc1. The maximum absolute atomic E-state index is 13.2. The van der Waals surface area contributed by atoms with E-state index in [0.29, 0.717) is 29.4 Å². The van der Waals surface area contributed by atoms with Crippen LogP contribution in [0.3, 0.4) is 0 Å². The van der Waals surface area contributed by atoms with Gasteiger partial charge in [0.2, 0.25) is 5.95 Å². The number of hydrogen-bond acceptors (Lipinski definition) is 8. The van der Waals surface area contributed by atoms with Crippen LogP contribution in [-0.2, 0) is 31.2 Å². The summed E-state index contributed by atoms with van der Waals surface area (Å²) in [6.45, 7) is 3.44. The molecule has 36 heavy (non-hydrogen) atoms. The molecule has 1 amide bonds. The number of nitrogens with two attached hydrogens (primary N) is 1. The average molecular weight is 519 g/mol. The largest absolute Gasteiger partial charge is 0.481 e. The van der Waals surface area contributed by atoms with Crippen molar-refractivity contribution in [3.05, 3.63) is 57.5 Å². The molecule has 0 aliphatic carbocycles. The van der Waals surface area contributed by atoms with E-state index < -0.39 is 25.3 Å². The second-order valence-corrected chi connectivity index (χ2v) is 10.2. The van der Waals surface area contributed by atoms with Gasteiger partial charge in [-0.2, -0.15) is 4.98 Å². The minimum absolute atomic E-state index is 0.0406. The van der Waals surface area contributed by atoms with Crippen molar-refractivity contribution in [2.45, 2.75) is 45.3 Å². The zero-order valence-electron chi connectivity index (χ0n) is 20.1. The highest BCUT2D eigenvalue weighted by molar-refractivity contribution is 7.54. The van der Waals surface area contributed by atoms with Gasteiger partial charge < -0.3 is 30.2 Å². The average Bonchev–Trinajstić information content (AvgIpc) is 3.24. The molecule has 0 fully saturated rings. The molecular weight excluding hydrogens is 489 g/mol. The van der Waals surface area contributed by atoms with Crippen LogP contribution >= 0.6 is 7.60 Å². The van der Waals surface area contributed by atoms with Crippen molar-refractivity contribution in [1.82, 2.24) is 20.3 Å². The maximum atomic E-state index is 13.2. The van der Waals surface area contributed by atoms with Gasteiger partial charge in [-0.25, -0.2) is 0 Å². The van der Waals surface area contributed by atoms with E-state index in [1.54, 1.807) is 44.2 Å². The van der Waals surface area contributed by atoms with Gasteiger partial charge in [-0.05, 0) is 56.9 Å². The molecule has 1 aromatic carbocycles. The molecule has 194 valence electrons. The quantitative estimate of drug-likeness (QED) is 0.211. The monoisotopic (exact) mass is 519 g/mol. The van der Waals surface area contributed by atoms with Gasteiger partial charge in [0, 0.05) is 17.7 Å². The number of nitrogen functional groups attached to an aromatic ring is 1. The number of amides is 1. The van der Waals surface area contributed by atoms with Crippen molar-refractivity contribution in [2.24, 2.45) is 0 Å².